The fourth-order valence-corrected chi connectivity index (χ4v) is 7.19. The Labute approximate surface area is 227 Å². The Morgan fingerprint density at radius 3 is 2.50 bits per heavy atom. The molecule has 0 aliphatic carbocycles. The summed E-state index contributed by atoms with van der Waals surface area (Å²) in [6.07, 6.45) is 4.05. The Morgan fingerprint density at radius 2 is 1.92 bits per heavy atom. The normalized spacial score (nSPS) is 17.6. The molecule has 4 heterocycles. The molecule has 1 aliphatic heterocycles. The Morgan fingerprint density at radius 1 is 1.21 bits per heavy atom. The van der Waals surface area contributed by atoms with Crippen molar-refractivity contribution in [3.8, 4) is 11.7 Å². The molecule has 1 amide bonds. The van der Waals surface area contributed by atoms with Gasteiger partial charge in [0, 0.05) is 13.2 Å². The number of carbonyl (C=O) groups excluding carboxylic acids is 1. The van der Waals surface area contributed by atoms with Crippen molar-refractivity contribution >= 4 is 35.0 Å². The van der Waals surface area contributed by atoms with Crippen LogP contribution >= 0.6 is 0 Å². The Balaban J connectivity index is 1.71. The number of hydrogen-bond acceptors (Lipinski definition) is 8. The van der Waals surface area contributed by atoms with Crippen LogP contribution in [0, 0.1) is 12.8 Å². The van der Waals surface area contributed by atoms with Gasteiger partial charge >= 0.3 is 178 Å². The van der Waals surface area contributed by atoms with Crippen LogP contribution in [0.2, 0.25) is 17.3 Å². The molecule has 0 spiro atoms. The molecule has 0 saturated carbocycles. The summed E-state index contributed by atoms with van der Waals surface area (Å²) in [6.45, 7) is 8.61. The van der Waals surface area contributed by atoms with Gasteiger partial charge in [-0.2, -0.15) is 5.10 Å². The first-order valence-electron chi connectivity index (χ1n) is 12.6. The Bertz CT molecular complexity index is 1460. The van der Waals surface area contributed by atoms with E-state index in [1.54, 1.807) is 43.0 Å². The van der Waals surface area contributed by atoms with Crippen LogP contribution in [0.4, 0.5) is 5.82 Å². The van der Waals surface area contributed by atoms with Gasteiger partial charge in [0.05, 0.1) is 5.69 Å². The second-order valence-corrected chi connectivity index (χ2v) is 24.9. The molecule has 0 aromatic carbocycles. The van der Waals surface area contributed by atoms with Crippen LogP contribution in [0.5, 0.6) is 5.88 Å². The zero-order chi connectivity index (χ0) is 28.0. The summed E-state index contributed by atoms with van der Waals surface area (Å²) >= 11 is -1.91. The van der Waals surface area contributed by atoms with Crippen molar-refractivity contribution in [2.45, 2.75) is 61.8 Å². The number of aromatic nitrogens is 5. The first-order valence-corrected chi connectivity index (χ1v) is 21.9. The van der Waals surface area contributed by atoms with Crippen molar-refractivity contribution in [3.63, 3.8) is 0 Å². The van der Waals surface area contributed by atoms with Crippen molar-refractivity contribution < 1.29 is 17.9 Å². The zero-order valence-electron chi connectivity index (χ0n) is 23.3. The molecule has 1 aliphatic rings. The van der Waals surface area contributed by atoms with Crippen LogP contribution in [0.1, 0.15) is 43.2 Å². The molecule has 4 rings (SSSR count). The molecule has 1 saturated heterocycles. The van der Waals surface area contributed by atoms with Gasteiger partial charge in [-0.05, 0) is 6.92 Å². The topological polar surface area (TPSA) is 124 Å². The molecule has 11 nitrogen and oxygen atoms in total. The Hall–Kier alpha value is -2.87. The summed E-state index contributed by atoms with van der Waals surface area (Å²) in [4.78, 5) is 20.3. The monoisotopic (exact) mass is 605 g/mol. The van der Waals surface area contributed by atoms with Gasteiger partial charge in [0.25, 0.3) is 0 Å². The van der Waals surface area contributed by atoms with Crippen molar-refractivity contribution in [1.29, 1.82) is 0 Å². The van der Waals surface area contributed by atoms with Gasteiger partial charge in [-0.3, -0.25) is 4.68 Å². The van der Waals surface area contributed by atoms with E-state index in [2.05, 4.69) is 57.9 Å². The minimum absolute atomic E-state index is 0.0435. The van der Waals surface area contributed by atoms with Crippen LogP contribution in [0.25, 0.3) is 5.82 Å². The number of pyridine rings is 1. The standard InChI is InChI=1S/C25H37GeN7O4S/c1-17-13-25(3,4)32(14-17)23-19(24(34)30-38(35,36)20-15-31(8)28-18(20)2)9-10-21(27-23)33-12-11-22(29-33)37-16-26(5,6)7/h9-12,15,17H,13-14,16H2,1-8H3,(H,30,34)/t17-/m0/s1. The Kier molecular flexibility index (Phi) is 7.43. The summed E-state index contributed by atoms with van der Waals surface area (Å²) in [7, 11) is -2.51. The molecule has 3 aromatic rings. The van der Waals surface area contributed by atoms with Crippen LogP contribution in [0.15, 0.2) is 35.5 Å². The maximum atomic E-state index is 13.4. The van der Waals surface area contributed by atoms with Crippen molar-refractivity contribution in [2.24, 2.45) is 13.0 Å². The molecule has 0 bridgehead atoms. The fourth-order valence-electron chi connectivity index (χ4n) is 4.78. The van der Waals surface area contributed by atoms with Gasteiger partial charge in [0.2, 0.25) is 0 Å². The van der Waals surface area contributed by atoms with Crippen molar-refractivity contribution in [2.75, 3.05) is 16.9 Å². The zero-order valence-corrected chi connectivity index (χ0v) is 26.2. The third-order valence-corrected chi connectivity index (χ3v) is 9.92. The van der Waals surface area contributed by atoms with Crippen LogP contribution in [-0.2, 0) is 17.1 Å². The van der Waals surface area contributed by atoms with Crippen molar-refractivity contribution in [3.05, 3.63) is 41.9 Å². The number of anilines is 1. The predicted molar refractivity (Wildman–Crippen MR) is 148 cm³/mol. The average molecular weight is 604 g/mol. The van der Waals surface area contributed by atoms with Crippen LogP contribution < -0.4 is 14.4 Å². The number of carbonyl (C=O) groups is 1. The molecule has 38 heavy (non-hydrogen) atoms. The molecule has 0 unspecified atom stereocenters. The first-order chi connectivity index (χ1) is 17.6. The molecule has 13 heteroatoms. The molecule has 0 radical (unpaired) electrons. The van der Waals surface area contributed by atoms with E-state index in [9.17, 15) is 13.2 Å². The maximum absolute atomic E-state index is 13.4. The number of nitrogens with zero attached hydrogens (tertiary/aromatic N) is 6. The number of hydrogen-bond donors (Lipinski definition) is 1. The van der Waals surface area contributed by atoms with Crippen LogP contribution in [-0.4, -0.2) is 69.7 Å². The number of rotatable bonds is 8. The van der Waals surface area contributed by atoms with Gasteiger partial charge in [0.15, 0.2) is 0 Å². The minimum atomic E-state index is -4.13. The molecule has 1 fully saturated rings. The summed E-state index contributed by atoms with van der Waals surface area (Å²) in [6, 6.07) is 5.05. The van der Waals surface area contributed by atoms with E-state index >= 15 is 0 Å². The number of amides is 1. The number of aryl methyl sites for hydroxylation is 2. The number of ether oxygens (including phenoxy) is 1. The van der Waals surface area contributed by atoms with Gasteiger partial charge in [-0.15, -0.1) is 0 Å². The SMILES string of the molecule is Cc1nn(C)cc1S(=O)(=O)NC(=O)c1ccc(-n2ccc(O[CH2][Ge]([CH3])([CH3])[CH3])n2)nc1N1C[C@@H](C)CC1(C)C. The summed E-state index contributed by atoms with van der Waals surface area (Å²) in [5.41, 5.74) is 0.892. The average Bonchev–Trinajstić information content (AvgIpc) is 3.47. The molecule has 1 N–H and O–H groups in total. The summed E-state index contributed by atoms with van der Waals surface area (Å²) in [5, 5.41) is 8.61. The van der Waals surface area contributed by atoms with Crippen LogP contribution in [0.3, 0.4) is 0 Å². The second-order valence-electron chi connectivity index (χ2n) is 11.9. The third kappa shape index (κ3) is 6.06. The van der Waals surface area contributed by atoms with Gasteiger partial charge < -0.3 is 0 Å². The van der Waals surface area contributed by atoms with E-state index in [1.165, 1.54) is 10.9 Å². The number of sulfonamides is 1. The van der Waals surface area contributed by atoms with E-state index in [1.807, 2.05) is 0 Å². The van der Waals surface area contributed by atoms with Gasteiger partial charge in [-0.1, -0.05) is 0 Å². The fraction of sp³-hybridized carbons (Fsp3) is 0.520. The van der Waals surface area contributed by atoms with Gasteiger partial charge in [0.1, 0.15) is 4.90 Å². The molecule has 206 valence electrons. The molecular weight excluding hydrogens is 567 g/mol. The molecule has 3 aromatic heterocycles. The second kappa shape index (κ2) is 10.0. The molecule has 1 atom stereocenters. The number of nitrogens with one attached hydrogen (secondary N) is 1. The summed E-state index contributed by atoms with van der Waals surface area (Å²) in [5.74, 6) is 7.86. The van der Waals surface area contributed by atoms with Gasteiger partial charge in [-0.25, -0.2) is 8.42 Å². The summed E-state index contributed by atoms with van der Waals surface area (Å²) < 4.78 is 37.2. The van der Waals surface area contributed by atoms with E-state index in [-0.39, 0.29) is 16.0 Å². The quantitative estimate of drug-likeness (QED) is 0.389. The predicted octanol–water partition coefficient (Wildman–Crippen LogP) is 3.31. The van der Waals surface area contributed by atoms with E-state index in [0.717, 1.165) is 6.42 Å². The van der Waals surface area contributed by atoms with E-state index < -0.39 is 29.2 Å². The first kappa shape index (κ1) is 28.1. The molecular formula is C25H37GeN7O4S. The van der Waals surface area contributed by atoms with Crippen molar-refractivity contribution in [1.82, 2.24) is 29.3 Å². The van der Waals surface area contributed by atoms with E-state index in [0.29, 0.717) is 41.1 Å². The van der Waals surface area contributed by atoms with E-state index in [4.69, 9.17) is 9.72 Å². The third-order valence-electron chi connectivity index (χ3n) is 6.37.